The highest BCUT2D eigenvalue weighted by Gasteiger charge is 2.41. The molecular formula is C65H42N6Si. The molecular weight excluding hydrogens is 893 g/mol. The summed E-state index contributed by atoms with van der Waals surface area (Å²) in [4.78, 5) is 11.2. The number of benzene rings is 10. The molecule has 14 rings (SSSR count). The number of nitriles is 1. The minimum absolute atomic E-state index is 0.536. The first-order chi connectivity index (χ1) is 35.7. The van der Waals surface area contributed by atoms with Crippen LogP contribution in [0.5, 0.6) is 0 Å². The Hall–Kier alpha value is -9.61. The lowest BCUT2D eigenvalue weighted by molar-refractivity contribution is 0.953. The van der Waals surface area contributed by atoms with Gasteiger partial charge in [-0.15, -0.1) is 0 Å². The third kappa shape index (κ3) is 6.20. The van der Waals surface area contributed by atoms with Crippen LogP contribution in [-0.4, -0.2) is 31.7 Å². The summed E-state index contributed by atoms with van der Waals surface area (Å²) in [5.74, 6) is 1.28. The first-order valence-corrected chi connectivity index (χ1v) is 26.3. The van der Waals surface area contributed by atoms with Gasteiger partial charge in [-0.05, 0) is 75.3 Å². The Labute approximate surface area is 416 Å². The number of para-hydroxylation sites is 4. The molecule has 72 heavy (non-hydrogen) atoms. The molecule has 0 amide bonds. The fourth-order valence-corrected chi connectivity index (χ4v) is 16.3. The molecule has 14 aromatic rings. The molecule has 4 aromatic heterocycles. The fraction of sp³-hybridized carbons (Fsp3) is 0. The van der Waals surface area contributed by atoms with E-state index in [1.54, 1.807) is 0 Å². The summed E-state index contributed by atoms with van der Waals surface area (Å²) < 4.78 is 6.90. The Morgan fingerprint density at radius 2 is 0.847 bits per heavy atom. The van der Waals surface area contributed by atoms with Crippen LogP contribution >= 0.6 is 0 Å². The standard InChI is InChI=1S/C65H42N6Si/c66-43-44-33-39-60-55(41-44)52-28-14-16-30-57(52)70(60)65-67-56(45-34-36-50(37-35-45)72(47-21-7-2-8-22-47,48-23-9-3-10-24-48)49-25-11-4-12-26-49)42-62(68-65)71-58-31-17-13-27-51(58)53-38-40-61-63(64(53)71)54-29-15-18-32-59(54)69(61)46-19-5-1-6-20-46/h1-42H. The molecule has 0 N–H and O–H groups in total. The van der Waals surface area contributed by atoms with Gasteiger partial charge in [0, 0.05) is 49.6 Å². The van der Waals surface area contributed by atoms with E-state index in [4.69, 9.17) is 9.97 Å². The van der Waals surface area contributed by atoms with Gasteiger partial charge in [-0.3, -0.25) is 9.13 Å². The first-order valence-electron chi connectivity index (χ1n) is 24.3. The largest absolute Gasteiger partial charge is 0.309 e. The molecule has 0 aliphatic heterocycles. The molecule has 6 nitrogen and oxygen atoms in total. The Balaban J connectivity index is 1.07. The molecule has 0 aliphatic carbocycles. The number of hydrogen-bond donors (Lipinski definition) is 0. The summed E-state index contributed by atoms with van der Waals surface area (Å²) >= 11 is 0. The molecule has 0 saturated heterocycles. The maximum atomic E-state index is 10.1. The van der Waals surface area contributed by atoms with E-state index < -0.39 is 8.07 Å². The minimum Gasteiger partial charge on any atom is -0.309 e. The average molecular weight is 935 g/mol. The third-order valence-electron chi connectivity index (χ3n) is 14.6. The van der Waals surface area contributed by atoms with E-state index in [-0.39, 0.29) is 0 Å². The van der Waals surface area contributed by atoms with E-state index in [1.807, 2.05) is 24.3 Å². The molecule has 0 bridgehead atoms. The Kier molecular flexibility index (Phi) is 9.49. The second kappa shape index (κ2) is 16.5. The number of aromatic nitrogens is 5. The second-order valence-corrected chi connectivity index (χ2v) is 22.2. The van der Waals surface area contributed by atoms with E-state index in [0.29, 0.717) is 11.5 Å². The van der Waals surface area contributed by atoms with Crippen LogP contribution in [0.3, 0.4) is 0 Å². The highest BCUT2D eigenvalue weighted by atomic mass is 28.3. The maximum Gasteiger partial charge on any atom is 0.237 e. The van der Waals surface area contributed by atoms with Crippen LogP contribution < -0.4 is 20.7 Å². The van der Waals surface area contributed by atoms with Crippen LogP contribution in [-0.2, 0) is 0 Å². The molecule has 0 saturated carbocycles. The summed E-state index contributed by atoms with van der Waals surface area (Å²) in [5, 5.41) is 21.9. The number of nitrogens with zero attached hydrogens (tertiary/aromatic N) is 6. The Morgan fingerprint density at radius 1 is 0.361 bits per heavy atom. The normalized spacial score (nSPS) is 11.9. The third-order valence-corrected chi connectivity index (χ3v) is 19.4. The Bertz CT molecular complexity index is 4340. The van der Waals surface area contributed by atoms with Crippen molar-refractivity contribution in [3.05, 3.63) is 260 Å². The molecule has 0 fully saturated rings. The zero-order valence-corrected chi connectivity index (χ0v) is 39.9. The highest BCUT2D eigenvalue weighted by molar-refractivity contribution is 7.19. The summed E-state index contributed by atoms with van der Waals surface area (Å²) in [6, 6.07) is 93.6. The number of rotatable bonds is 8. The topological polar surface area (TPSA) is 64.4 Å². The van der Waals surface area contributed by atoms with Gasteiger partial charge < -0.3 is 4.57 Å². The highest BCUT2D eigenvalue weighted by Crippen LogP contribution is 2.42. The average Bonchev–Trinajstić information content (AvgIpc) is 4.10. The van der Waals surface area contributed by atoms with E-state index in [2.05, 4.69) is 250 Å². The smallest absolute Gasteiger partial charge is 0.237 e. The van der Waals surface area contributed by atoms with E-state index in [1.165, 1.54) is 20.7 Å². The fourth-order valence-electron chi connectivity index (χ4n) is 11.6. The molecule has 7 heteroatoms. The van der Waals surface area contributed by atoms with Gasteiger partial charge in [0.2, 0.25) is 5.95 Å². The van der Waals surface area contributed by atoms with Gasteiger partial charge in [-0.1, -0.05) is 194 Å². The van der Waals surface area contributed by atoms with Gasteiger partial charge in [0.05, 0.1) is 50.4 Å². The quantitative estimate of drug-likeness (QED) is 0.113. The molecule has 0 unspecified atom stereocenters. The van der Waals surface area contributed by atoms with Gasteiger partial charge in [0.1, 0.15) is 5.82 Å². The number of fused-ring (bicyclic) bond motifs is 10. The van der Waals surface area contributed by atoms with Crippen molar-refractivity contribution in [3.8, 4) is 34.8 Å². The van der Waals surface area contributed by atoms with Crippen LogP contribution in [0.1, 0.15) is 5.56 Å². The van der Waals surface area contributed by atoms with Crippen molar-refractivity contribution in [1.82, 2.24) is 23.7 Å². The minimum atomic E-state index is -2.80. The SMILES string of the molecule is N#Cc1ccc2c(c1)c1ccccc1n2-c1nc(-c2ccc([Si](c3ccccc3)(c3ccccc3)c3ccccc3)cc2)cc(-n2c3ccccc3c3ccc4c(c5ccccc5n4-c4ccccc4)c32)n1. The lowest BCUT2D eigenvalue weighted by Crippen LogP contribution is -2.74. The van der Waals surface area contributed by atoms with E-state index >= 15 is 0 Å². The van der Waals surface area contributed by atoms with Gasteiger partial charge >= 0.3 is 0 Å². The molecule has 0 radical (unpaired) electrons. The van der Waals surface area contributed by atoms with E-state index in [9.17, 15) is 5.26 Å². The van der Waals surface area contributed by atoms with Crippen LogP contribution in [0.15, 0.2) is 255 Å². The van der Waals surface area contributed by atoms with Crippen molar-refractivity contribution in [2.75, 3.05) is 0 Å². The Morgan fingerprint density at radius 3 is 1.46 bits per heavy atom. The zero-order chi connectivity index (χ0) is 47.8. The monoisotopic (exact) mass is 934 g/mol. The van der Waals surface area contributed by atoms with Crippen LogP contribution in [0.25, 0.3) is 94.1 Å². The summed E-state index contributed by atoms with van der Waals surface area (Å²) in [5.41, 5.74) is 9.73. The summed E-state index contributed by atoms with van der Waals surface area (Å²) in [6.07, 6.45) is 0. The van der Waals surface area contributed by atoms with Crippen LogP contribution in [0.2, 0.25) is 0 Å². The van der Waals surface area contributed by atoms with Crippen LogP contribution in [0, 0.1) is 11.3 Å². The van der Waals surface area contributed by atoms with Crippen molar-refractivity contribution >= 4 is 94.2 Å². The molecule has 4 heterocycles. The lowest BCUT2D eigenvalue weighted by atomic mass is 10.1. The first kappa shape index (κ1) is 41.4. The van der Waals surface area contributed by atoms with Crippen molar-refractivity contribution in [2.45, 2.75) is 0 Å². The predicted octanol–water partition coefficient (Wildman–Crippen LogP) is 12.7. The molecule has 0 atom stereocenters. The number of hydrogen-bond acceptors (Lipinski definition) is 3. The predicted molar refractivity (Wildman–Crippen MR) is 299 cm³/mol. The van der Waals surface area contributed by atoms with Crippen molar-refractivity contribution < 1.29 is 0 Å². The summed E-state index contributed by atoms with van der Waals surface area (Å²) in [7, 11) is -2.80. The molecule has 0 spiro atoms. The molecule has 336 valence electrons. The maximum absolute atomic E-state index is 10.1. The van der Waals surface area contributed by atoms with Gasteiger partial charge in [-0.25, -0.2) is 4.98 Å². The van der Waals surface area contributed by atoms with Gasteiger partial charge in [0.15, 0.2) is 8.07 Å². The van der Waals surface area contributed by atoms with Crippen LogP contribution in [0.4, 0.5) is 0 Å². The van der Waals surface area contributed by atoms with Gasteiger partial charge in [0.25, 0.3) is 0 Å². The molecule has 10 aromatic carbocycles. The molecule has 0 aliphatic rings. The van der Waals surface area contributed by atoms with Crippen molar-refractivity contribution in [1.29, 1.82) is 5.26 Å². The van der Waals surface area contributed by atoms with E-state index in [0.717, 1.165) is 88.2 Å². The summed E-state index contributed by atoms with van der Waals surface area (Å²) in [6.45, 7) is 0. The zero-order valence-electron chi connectivity index (χ0n) is 38.9. The van der Waals surface area contributed by atoms with Gasteiger partial charge in [-0.2, -0.15) is 10.2 Å². The second-order valence-electron chi connectivity index (χ2n) is 18.4. The van der Waals surface area contributed by atoms with Crippen molar-refractivity contribution in [2.24, 2.45) is 0 Å². The lowest BCUT2D eigenvalue weighted by Gasteiger charge is -2.34. The van der Waals surface area contributed by atoms with Crippen molar-refractivity contribution in [3.63, 3.8) is 0 Å².